The zero-order valence-electron chi connectivity index (χ0n) is 8.13. The smallest absolute Gasteiger partial charge is 0.261 e. The second kappa shape index (κ2) is 5.48. The average molecular weight is 277 g/mol. The first-order chi connectivity index (χ1) is 6.63. The predicted molar refractivity (Wildman–Crippen MR) is 62.9 cm³/mol. The van der Waals surface area contributed by atoms with E-state index in [1.54, 1.807) is 0 Å². The molecule has 0 radical (unpaired) electrons. The summed E-state index contributed by atoms with van der Waals surface area (Å²) in [7, 11) is 1.87. The summed E-state index contributed by atoms with van der Waals surface area (Å²) in [5.74, 6) is -0.0113. The van der Waals surface area contributed by atoms with Gasteiger partial charge in [0.05, 0.1) is 4.88 Å². The average Bonchev–Trinajstić information content (AvgIpc) is 2.60. The summed E-state index contributed by atoms with van der Waals surface area (Å²) in [4.78, 5) is 12.3. The summed E-state index contributed by atoms with van der Waals surface area (Å²) in [6.45, 7) is 2.66. The van der Waals surface area contributed by atoms with Gasteiger partial charge in [-0.25, -0.2) is 0 Å². The molecule has 1 unspecified atom stereocenters. The third-order valence-corrected chi connectivity index (χ3v) is 3.54. The maximum Gasteiger partial charge on any atom is 0.261 e. The molecule has 3 nitrogen and oxygen atoms in total. The maximum absolute atomic E-state index is 11.5. The number of halogens is 1. The van der Waals surface area contributed by atoms with Crippen molar-refractivity contribution >= 4 is 33.2 Å². The van der Waals surface area contributed by atoms with Crippen LogP contribution in [-0.4, -0.2) is 25.5 Å². The number of carbonyl (C=O) groups is 1. The van der Waals surface area contributed by atoms with Crippen LogP contribution in [0.3, 0.4) is 0 Å². The number of thiophene rings is 1. The van der Waals surface area contributed by atoms with Crippen LogP contribution in [-0.2, 0) is 0 Å². The van der Waals surface area contributed by atoms with E-state index in [4.69, 9.17) is 0 Å². The molecule has 1 amide bonds. The number of rotatable bonds is 4. The van der Waals surface area contributed by atoms with Crippen LogP contribution in [0.25, 0.3) is 0 Å². The van der Waals surface area contributed by atoms with Crippen molar-refractivity contribution in [1.29, 1.82) is 0 Å². The lowest BCUT2D eigenvalue weighted by Crippen LogP contribution is -2.36. The zero-order chi connectivity index (χ0) is 10.6. The predicted octanol–water partition coefficient (Wildman–Crippen LogP) is 1.85. The van der Waals surface area contributed by atoms with E-state index in [0.717, 1.165) is 9.35 Å². The molecule has 1 aromatic rings. The fraction of sp³-hybridized carbons (Fsp3) is 0.444. The molecule has 1 heterocycles. The van der Waals surface area contributed by atoms with Crippen molar-refractivity contribution in [1.82, 2.24) is 10.6 Å². The van der Waals surface area contributed by atoms with Gasteiger partial charge in [-0.3, -0.25) is 4.79 Å². The Labute approximate surface area is 96.0 Å². The maximum atomic E-state index is 11.5. The van der Waals surface area contributed by atoms with Crippen LogP contribution in [0.4, 0.5) is 0 Å². The van der Waals surface area contributed by atoms with Crippen LogP contribution < -0.4 is 10.6 Å². The van der Waals surface area contributed by atoms with Gasteiger partial charge in [-0.05, 0) is 36.0 Å². The van der Waals surface area contributed by atoms with Crippen LogP contribution in [0.5, 0.6) is 0 Å². The van der Waals surface area contributed by atoms with Crippen molar-refractivity contribution in [3.8, 4) is 0 Å². The molecule has 0 spiro atoms. The molecular weight excluding hydrogens is 264 g/mol. The molecule has 0 aliphatic rings. The van der Waals surface area contributed by atoms with Gasteiger partial charge in [0.1, 0.15) is 0 Å². The first kappa shape index (κ1) is 11.7. The third-order valence-electron chi connectivity index (χ3n) is 1.85. The van der Waals surface area contributed by atoms with Gasteiger partial charge in [-0.2, -0.15) is 0 Å². The molecule has 0 aliphatic carbocycles. The molecule has 0 bridgehead atoms. The Balaban J connectivity index is 2.43. The van der Waals surface area contributed by atoms with Gasteiger partial charge >= 0.3 is 0 Å². The second-order valence-electron chi connectivity index (χ2n) is 3.03. The number of likely N-dealkylation sites (N-methyl/N-ethyl adjacent to an activating group) is 1. The molecule has 0 fully saturated rings. The van der Waals surface area contributed by atoms with E-state index >= 15 is 0 Å². The SMILES string of the molecule is CNC(C)CNC(=O)c1cc(Br)cs1. The molecule has 0 aromatic carbocycles. The van der Waals surface area contributed by atoms with E-state index in [0.29, 0.717) is 12.6 Å². The topological polar surface area (TPSA) is 41.1 Å². The van der Waals surface area contributed by atoms with Crippen LogP contribution in [0.1, 0.15) is 16.6 Å². The Kier molecular flexibility index (Phi) is 4.57. The fourth-order valence-electron chi connectivity index (χ4n) is 0.867. The van der Waals surface area contributed by atoms with Gasteiger partial charge in [0.2, 0.25) is 0 Å². The Morgan fingerprint density at radius 1 is 1.71 bits per heavy atom. The minimum atomic E-state index is -0.0113. The van der Waals surface area contributed by atoms with Crippen LogP contribution in [0.2, 0.25) is 0 Å². The Morgan fingerprint density at radius 3 is 2.93 bits per heavy atom. The monoisotopic (exact) mass is 276 g/mol. The molecule has 1 aromatic heterocycles. The van der Waals surface area contributed by atoms with Crippen molar-refractivity contribution in [3.05, 3.63) is 20.8 Å². The van der Waals surface area contributed by atoms with Gasteiger partial charge in [0.15, 0.2) is 0 Å². The van der Waals surface area contributed by atoms with Gasteiger partial charge in [-0.15, -0.1) is 11.3 Å². The third kappa shape index (κ3) is 3.40. The number of hydrogen-bond acceptors (Lipinski definition) is 3. The highest BCUT2D eigenvalue weighted by Gasteiger charge is 2.08. The largest absolute Gasteiger partial charge is 0.350 e. The highest BCUT2D eigenvalue weighted by Crippen LogP contribution is 2.19. The molecule has 0 aliphatic heterocycles. The van der Waals surface area contributed by atoms with E-state index in [-0.39, 0.29) is 5.91 Å². The second-order valence-corrected chi connectivity index (χ2v) is 4.86. The van der Waals surface area contributed by atoms with Gasteiger partial charge < -0.3 is 10.6 Å². The highest BCUT2D eigenvalue weighted by atomic mass is 79.9. The molecule has 1 rings (SSSR count). The number of amides is 1. The summed E-state index contributed by atoms with van der Waals surface area (Å²) in [5.41, 5.74) is 0. The van der Waals surface area contributed by atoms with E-state index in [1.807, 2.05) is 25.4 Å². The van der Waals surface area contributed by atoms with Crippen molar-refractivity contribution < 1.29 is 4.79 Å². The lowest BCUT2D eigenvalue weighted by atomic mass is 10.3. The molecule has 5 heteroatoms. The van der Waals surface area contributed by atoms with E-state index in [9.17, 15) is 4.79 Å². The van der Waals surface area contributed by atoms with E-state index < -0.39 is 0 Å². The summed E-state index contributed by atoms with van der Waals surface area (Å²) in [6, 6.07) is 2.12. The van der Waals surface area contributed by atoms with Crippen molar-refractivity contribution in [3.63, 3.8) is 0 Å². The highest BCUT2D eigenvalue weighted by molar-refractivity contribution is 9.10. The molecule has 2 N–H and O–H groups in total. The molecular formula is C9H13BrN2OS. The van der Waals surface area contributed by atoms with Crippen LogP contribution in [0, 0.1) is 0 Å². The summed E-state index contributed by atoms with van der Waals surface area (Å²) in [5, 5.41) is 7.81. The van der Waals surface area contributed by atoms with Crippen LogP contribution in [0.15, 0.2) is 15.9 Å². The van der Waals surface area contributed by atoms with Gasteiger partial charge in [0.25, 0.3) is 5.91 Å². The van der Waals surface area contributed by atoms with E-state index in [2.05, 4.69) is 26.6 Å². The molecule has 14 heavy (non-hydrogen) atoms. The Hall–Kier alpha value is -0.390. The van der Waals surface area contributed by atoms with Crippen molar-refractivity contribution in [2.24, 2.45) is 0 Å². The standard InChI is InChI=1S/C9H13BrN2OS/c1-6(11-2)4-12-9(13)8-3-7(10)5-14-8/h3,5-6,11H,4H2,1-2H3,(H,12,13). The normalized spacial score (nSPS) is 12.5. The first-order valence-electron chi connectivity index (χ1n) is 4.33. The molecule has 78 valence electrons. The minimum absolute atomic E-state index is 0.0113. The summed E-state index contributed by atoms with van der Waals surface area (Å²) >= 11 is 4.75. The zero-order valence-corrected chi connectivity index (χ0v) is 10.5. The molecule has 1 atom stereocenters. The van der Waals surface area contributed by atoms with Crippen molar-refractivity contribution in [2.45, 2.75) is 13.0 Å². The van der Waals surface area contributed by atoms with Crippen molar-refractivity contribution in [2.75, 3.05) is 13.6 Å². The lowest BCUT2D eigenvalue weighted by molar-refractivity contribution is 0.0954. The summed E-state index contributed by atoms with van der Waals surface area (Å²) in [6.07, 6.45) is 0. The van der Waals surface area contributed by atoms with Gasteiger partial charge in [-0.1, -0.05) is 0 Å². The van der Waals surface area contributed by atoms with E-state index in [1.165, 1.54) is 11.3 Å². The minimum Gasteiger partial charge on any atom is -0.350 e. The summed E-state index contributed by atoms with van der Waals surface area (Å²) < 4.78 is 0.953. The quantitative estimate of drug-likeness (QED) is 0.881. The Bertz CT molecular complexity index is 314. The Morgan fingerprint density at radius 2 is 2.43 bits per heavy atom. The number of carbonyl (C=O) groups excluding carboxylic acids is 1. The molecule has 0 saturated carbocycles. The lowest BCUT2D eigenvalue weighted by Gasteiger charge is -2.10. The first-order valence-corrected chi connectivity index (χ1v) is 6.00. The number of hydrogen-bond donors (Lipinski definition) is 2. The fourth-order valence-corrected chi connectivity index (χ4v) is 2.21. The van der Waals surface area contributed by atoms with Crippen LogP contribution >= 0.6 is 27.3 Å². The number of nitrogens with one attached hydrogen (secondary N) is 2. The molecule has 0 saturated heterocycles. The van der Waals surface area contributed by atoms with Gasteiger partial charge in [0, 0.05) is 22.4 Å².